The first kappa shape index (κ1) is 14.5. The Kier molecular flexibility index (Phi) is 4.70. The van der Waals surface area contributed by atoms with Gasteiger partial charge in [-0.3, -0.25) is 15.6 Å². The van der Waals surface area contributed by atoms with E-state index in [0.29, 0.717) is 17.8 Å². The van der Waals surface area contributed by atoms with Crippen LogP contribution in [0.4, 0.5) is 5.69 Å². The van der Waals surface area contributed by atoms with Crippen LogP contribution in [0, 0.1) is 6.92 Å². The molecule has 0 fully saturated rings. The minimum absolute atomic E-state index is 0.0815. The van der Waals surface area contributed by atoms with Gasteiger partial charge in [0.1, 0.15) is 0 Å². The number of pyridine rings is 1. The molecular formula is C14H18N4OS. The number of nitrogens with one attached hydrogen (secondary N) is 1. The van der Waals surface area contributed by atoms with Crippen LogP contribution in [-0.4, -0.2) is 29.4 Å². The number of thiophene rings is 1. The van der Waals surface area contributed by atoms with Crippen molar-refractivity contribution in [1.82, 2.24) is 9.88 Å². The third-order valence-corrected chi connectivity index (χ3v) is 3.98. The molecule has 0 aliphatic heterocycles. The van der Waals surface area contributed by atoms with Crippen molar-refractivity contribution in [1.29, 1.82) is 0 Å². The number of carbonyl (C=O) groups excluding carboxylic acids is 1. The van der Waals surface area contributed by atoms with Gasteiger partial charge in [-0.1, -0.05) is 6.07 Å². The van der Waals surface area contributed by atoms with Crippen molar-refractivity contribution in [2.45, 2.75) is 13.3 Å². The highest BCUT2D eigenvalue weighted by molar-refractivity contribution is 7.09. The minimum Gasteiger partial charge on any atom is -0.341 e. The highest BCUT2D eigenvalue weighted by atomic mass is 32.1. The van der Waals surface area contributed by atoms with Crippen molar-refractivity contribution in [3.05, 3.63) is 45.9 Å². The lowest BCUT2D eigenvalue weighted by Gasteiger charge is -2.18. The average molecular weight is 290 g/mol. The van der Waals surface area contributed by atoms with Gasteiger partial charge >= 0.3 is 0 Å². The summed E-state index contributed by atoms with van der Waals surface area (Å²) in [7, 11) is 1.79. The SMILES string of the molecule is Cc1cc(NN)c(C(=O)N(C)CCc2cccs2)cn1. The van der Waals surface area contributed by atoms with Crippen LogP contribution >= 0.6 is 11.3 Å². The van der Waals surface area contributed by atoms with E-state index in [9.17, 15) is 4.79 Å². The summed E-state index contributed by atoms with van der Waals surface area (Å²) in [5.74, 6) is 5.38. The molecule has 2 rings (SSSR count). The van der Waals surface area contributed by atoms with E-state index in [2.05, 4.69) is 16.5 Å². The van der Waals surface area contributed by atoms with Crippen LogP contribution in [0.25, 0.3) is 0 Å². The number of nitrogen functional groups attached to an aromatic ring is 1. The topological polar surface area (TPSA) is 71.2 Å². The number of anilines is 1. The first-order valence-corrected chi connectivity index (χ1v) is 7.21. The maximum absolute atomic E-state index is 12.4. The zero-order valence-electron chi connectivity index (χ0n) is 11.6. The molecular weight excluding hydrogens is 272 g/mol. The van der Waals surface area contributed by atoms with E-state index in [1.165, 1.54) is 4.88 Å². The number of nitrogens with two attached hydrogens (primary N) is 1. The Labute approximate surface area is 122 Å². The van der Waals surface area contributed by atoms with Crippen LogP contribution in [-0.2, 0) is 6.42 Å². The molecule has 2 aromatic rings. The summed E-state index contributed by atoms with van der Waals surface area (Å²) in [5.41, 5.74) is 4.47. The number of aryl methyl sites for hydroxylation is 1. The molecule has 5 nitrogen and oxygen atoms in total. The van der Waals surface area contributed by atoms with Crippen molar-refractivity contribution < 1.29 is 4.79 Å². The van der Waals surface area contributed by atoms with Crippen LogP contribution in [0.3, 0.4) is 0 Å². The lowest BCUT2D eigenvalue weighted by molar-refractivity contribution is 0.0797. The van der Waals surface area contributed by atoms with Gasteiger partial charge in [-0.2, -0.15) is 0 Å². The zero-order chi connectivity index (χ0) is 14.5. The summed E-state index contributed by atoms with van der Waals surface area (Å²) in [6.07, 6.45) is 2.42. The van der Waals surface area contributed by atoms with Gasteiger partial charge in [-0.05, 0) is 30.9 Å². The minimum atomic E-state index is -0.0815. The van der Waals surface area contributed by atoms with E-state index in [0.717, 1.165) is 12.1 Å². The van der Waals surface area contributed by atoms with E-state index in [1.807, 2.05) is 18.4 Å². The maximum atomic E-state index is 12.4. The molecule has 0 radical (unpaired) electrons. The van der Waals surface area contributed by atoms with Crippen molar-refractivity contribution >= 4 is 22.9 Å². The summed E-state index contributed by atoms with van der Waals surface area (Å²) < 4.78 is 0. The van der Waals surface area contributed by atoms with E-state index < -0.39 is 0 Å². The second kappa shape index (κ2) is 6.49. The molecule has 0 saturated carbocycles. The monoisotopic (exact) mass is 290 g/mol. The van der Waals surface area contributed by atoms with Gasteiger partial charge in [0.25, 0.3) is 5.91 Å². The summed E-state index contributed by atoms with van der Waals surface area (Å²) >= 11 is 1.70. The van der Waals surface area contributed by atoms with Crippen LogP contribution in [0.5, 0.6) is 0 Å². The molecule has 0 aliphatic carbocycles. The number of aromatic nitrogens is 1. The normalized spacial score (nSPS) is 10.3. The number of hydrogen-bond acceptors (Lipinski definition) is 5. The van der Waals surface area contributed by atoms with Gasteiger partial charge in [0, 0.05) is 30.4 Å². The second-order valence-corrected chi connectivity index (χ2v) is 5.60. The van der Waals surface area contributed by atoms with Crippen molar-refractivity contribution in [3.8, 4) is 0 Å². The molecule has 2 aromatic heterocycles. The number of hydrogen-bond donors (Lipinski definition) is 2. The highest BCUT2D eigenvalue weighted by Gasteiger charge is 2.16. The standard InChI is InChI=1S/C14H18N4OS/c1-10-8-13(17-15)12(9-16-10)14(19)18(2)6-5-11-4-3-7-20-11/h3-4,7-9H,5-6,15H2,1-2H3,(H,16,17). The molecule has 0 unspecified atom stereocenters. The van der Waals surface area contributed by atoms with Gasteiger partial charge in [0.15, 0.2) is 0 Å². The number of rotatable bonds is 5. The Morgan fingerprint density at radius 2 is 2.35 bits per heavy atom. The largest absolute Gasteiger partial charge is 0.341 e. The molecule has 20 heavy (non-hydrogen) atoms. The average Bonchev–Trinajstić information content (AvgIpc) is 2.97. The fourth-order valence-corrected chi connectivity index (χ4v) is 2.59. The second-order valence-electron chi connectivity index (χ2n) is 4.57. The molecule has 6 heteroatoms. The fourth-order valence-electron chi connectivity index (χ4n) is 1.89. The number of amides is 1. The molecule has 0 aromatic carbocycles. The van der Waals surface area contributed by atoms with Gasteiger partial charge < -0.3 is 10.3 Å². The van der Waals surface area contributed by atoms with Gasteiger partial charge in [-0.25, -0.2) is 0 Å². The van der Waals surface area contributed by atoms with E-state index in [4.69, 9.17) is 5.84 Å². The van der Waals surface area contributed by atoms with E-state index >= 15 is 0 Å². The highest BCUT2D eigenvalue weighted by Crippen LogP contribution is 2.17. The Morgan fingerprint density at radius 1 is 1.55 bits per heavy atom. The predicted octanol–water partition coefficient (Wildman–Crippen LogP) is 2.05. The lowest BCUT2D eigenvalue weighted by Crippen LogP contribution is -2.30. The van der Waals surface area contributed by atoms with Crippen LogP contribution in [0.15, 0.2) is 29.8 Å². The molecule has 0 saturated heterocycles. The zero-order valence-corrected chi connectivity index (χ0v) is 12.4. The molecule has 1 amide bonds. The quantitative estimate of drug-likeness (QED) is 0.653. The summed E-state index contributed by atoms with van der Waals surface area (Å²) in [6, 6.07) is 5.85. The van der Waals surface area contributed by atoms with Gasteiger partial charge in [0.05, 0.1) is 11.3 Å². The maximum Gasteiger partial charge on any atom is 0.257 e. The summed E-state index contributed by atoms with van der Waals surface area (Å²) in [6.45, 7) is 2.52. The van der Waals surface area contributed by atoms with Crippen molar-refractivity contribution in [2.75, 3.05) is 19.0 Å². The van der Waals surface area contributed by atoms with E-state index in [-0.39, 0.29) is 5.91 Å². The van der Waals surface area contributed by atoms with Gasteiger partial charge in [0.2, 0.25) is 0 Å². The van der Waals surface area contributed by atoms with E-state index in [1.54, 1.807) is 35.5 Å². The predicted molar refractivity (Wildman–Crippen MR) is 81.8 cm³/mol. The first-order valence-electron chi connectivity index (χ1n) is 6.33. The van der Waals surface area contributed by atoms with Crippen molar-refractivity contribution in [3.63, 3.8) is 0 Å². The molecule has 0 aliphatic rings. The van der Waals surface area contributed by atoms with Gasteiger partial charge in [-0.15, -0.1) is 11.3 Å². The smallest absolute Gasteiger partial charge is 0.257 e. The van der Waals surface area contributed by atoms with Crippen LogP contribution in [0.2, 0.25) is 0 Å². The molecule has 0 spiro atoms. The van der Waals surface area contributed by atoms with Crippen molar-refractivity contribution in [2.24, 2.45) is 5.84 Å². The molecule has 0 atom stereocenters. The third-order valence-electron chi connectivity index (χ3n) is 3.05. The molecule has 2 heterocycles. The van der Waals surface area contributed by atoms with Crippen LogP contribution < -0.4 is 11.3 Å². The molecule has 106 valence electrons. The summed E-state index contributed by atoms with van der Waals surface area (Å²) in [5, 5.41) is 2.04. The Bertz CT molecular complexity index is 583. The Hall–Kier alpha value is -1.92. The number of carbonyl (C=O) groups is 1. The Balaban J connectivity index is 2.06. The molecule has 3 N–H and O–H groups in total. The molecule has 0 bridgehead atoms. The summed E-state index contributed by atoms with van der Waals surface area (Å²) in [4.78, 5) is 19.5. The number of likely N-dealkylation sites (N-methyl/N-ethyl adjacent to an activating group) is 1. The first-order chi connectivity index (χ1) is 9.61. The van der Waals surface area contributed by atoms with Crippen LogP contribution in [0.1, 0.15) is 20.9 Å². The Morgan fingerprint density at radius 3 is 3.00 bits per heavy atom. The third kappa shape index (κ3) is 3.34. The lowest BCUT2D eigenvalue weighted by atomic mass is 10.2. The number of nitrogens with zero attached hydrogens (tertiary/aromatic N) is 2. The fraction of sp³-hybridized carbons (Fsp3) is 0.286. The number of hydrazine groups is 1.